The van der Waals surface area contributed by atoms with Crippen LogP contribution in [0.5, 0.6) is 0 Å². The van der Waals surface area contributed by atoms with Gasteiger partial charge in [-0.2, -0.15) is 0 Å². The maximum Gasteiger partial charge on any atom is 0.410 e. The number of ether oxygens (including phenoxy) is 1. The van der Waals surface area contributed by atoms with Gasteiger partial charge in [0.25, 0.3) is 0 Å². The van der Waals surface area contributed by atoms with Gasteiger partial charge in [-0.15, -0.1) is 0 Å². The minimum absolute atomic E-state index is 0.127. The summed E-state index contributed by atoms with van der Waals surface area (Å²) in [5.74, 6) is 0.578. The Morgan fingerprint density at radius 3 is 2.76 bits per heavy atom. The number of nitrogens with zero attached hydrogens (tertiary/aromatic N) is 5. The molecule has 2 aromatic rings. The highest BCUT2D eigenvalue weighted by atomic mass is 79.9. The predicted molar refractivity (Wildman–Crippen MR) is 150 cm³/mol. The summed E-state index contributed by atoms with van der Waals surface area (Å²) in [6, 6.07) is 5.55. The number of rotatable bonds is 6. The van der Waals surface area contributed by atoms with E-state index >= 15 is 0 Å². The molecule has 1 saturated heterocycles. The summed E-state index contributed by atoms with van der Waals surface area (Å²) >= 11 is 5.01. The lowest BCUT2D eigenvalue weighted by atomic mass is 9.89. The number of aliphatic hydroxyl groups is 2. The topological polar surface area (TPSA) is 103 Å². The zero-order chi connectivity index (χ0) is 27.7. The summed E-state index contributed by atoms with van der Waals surface area (Å²) in [6.07, 6.45) is 3.02. The van der Waals surface area contributed by atoms with Crippen molar-refractivity contribution < 1.29 is 19.7 Å². The Morgan fingerprint density at radius 1 is 1.34 bits per heavy atom. The van der Waals surface area contributed by atoms with Crippen molar-refractivity contribution >= 4 is 39.6 Å². The van der Waals surface area contributed by atoms with Crippen LogP contribution < -0.4 is 4.90 Å². The molecule has 1 fully saturated rings. The van der Waals surface area contributed by atoms with Crippen LogP contribution in [0.1, 0.15) is 49.6 Å². The molecule has 1 amide bonds. The number of hydrogen-bond acceptors (Lipinski definition) is 8. The molecular weight excluding hydrogens is 570 g/mol. The van der Waals surface area contributed by atoms with Gasteiger partial charge in [-0.05, 0) is 51.5 Å². The summed E-state index contributed by atoms with van der Waals surface area (Å²) in [5.41, 5.74) is 1.38. The van der Waals surface area contributed by atoms with E-state index in [9.17, 15) is 15.0 Å². The third-order valence-corrected chi connectivity index (χ3v) is 8.15. The molecule has 1 aromatic heterocycles. The molecule has 2 atom stereocenters. The lowest BCUT2D eigenvalue weighted by Crippen LogP contribution is -2.57. The van der Waals surface area contributed by atoms with E-state index in [4.69, 9.17) is 21.3 Å². The number of benzene rings is 1. The van der Waals surface area contributed by atoms with E-state index in [1.807, 2.05) is 50.1 Å². The Labute approximate surface area is 236 Å². The average Bonchev–Trinajstić information content (AvgIpc) is 3.19. The molecule has 0 radical (unpaired) electrons. The number of halogens is 1. The van der Waals surface area contributed by atoms with Crippen molar-refractivity contribution in [1.82, 2.24) is 14.9 Å². The maximum atomic E-state index is 12.9. The van der Waals surface area contributed by atoms with Crippen molar-refractivity contribution in [2.24, 2.45) is 0 Å². The second kappa shape index (κ2) is 11.4. The third-order valence-electron chi connectivity index (χ3n) is 6.94. The first-order valence-corrected chi connectivity index (χ1v) is 14.6. The number of aliphatic hydroxyl groups excluding tert-OH is 1. The number of fused-ring (bicyclic) bond motifs is 1. The summed E-state index contributed by atoms with van der Waals surface area (Å²) in [5, 5.41) is 22.8. The molecule has 2 aliphatic rings. The fraction of sp³-hybridized carbons (Fsp3) is 0.556. The van der Waals surface area contributed by atoms with Crippen LogP contribution in [0.4, 0.5) is 10.6 Å². The maximum absolute atomic E-state index is 12.9. The first-order chi connectivity index (χ1) is 18.0. The number of anilines is 1. The van der Waals surface area contributed by atoms with E-state index in [0.29, 0.717) is 48.3 Å². The Kier molecular flexibility index (Phi) is 8.57. The number of hydrogen-bond donors (Lipinski definition) is 2. The van der Waals surface area contributed by atoms with Crippen molar-refractivity contribution in [1.29, 1.82) is 0 Å². The van der Waals surface area contributed by atoms with Crippen LogP contribution in [-0.2, 0) is 29.8 Å². The first kappa shape index (κ1) is 28.6. The highest BCUT2D eigenvalue weighted by Crippen LogP contribution is 2.44. The molecule has 11 heteroatoms. The molecule has 1 aromatic carbocycles. The van der Waals surface area contributed by atoms with Gasteiger partial charge >= 0.3 is 6.09 Å². The summed E-state index contributed by atoms with van der Waals surface area (Å²) in [6.45, 7) is 13.9. The number of thioether (sulfide) groups is 1. The lowest BCUT2D eigenvalue weighted by molar-refractivity contribution is 0.0155. The van der Waals surface area contributed by atoms with Crippen molar-refractivity contribution in [3.63, 3.8) is 0 Å². The van der Waals surface area contributed by atoms with Gasteiger partial charge in [0, 0.05) is 41.7 Å². The predicted octanol–water partition coefficient (Wildman–Crippen LogP) is 4.17. The number of aryl methyl sites for hydroxylation is 1. The van der Waals surface area contributed by atoms with Gasteiger partial charge in [0.15, 0.2) is 5.16 Å². The van der Waals surface area contributed by atoms with E-state index in [1.165, 1.54) is 11.8 Å². The molecule has 38 heavy (non-hydrogen) atoms. The van der Waals surface area contributed by atoms with E-state index in [0.717, 1.165) is 22.0 Å². The highest BCUT2D eigenvalue weighted by Gasteiger charge is 2.41. The third kappa shape index (κ3) is 5.93. The molecule has 2 heterocycles. The van der Waals surface area contributed by atoms with E-state index in [2.05, 4.69) is 20.8 Å². The number of aromatic nitrogens is 2. The van der Waals surface area contributed by atoms with Gasteiger partial charge < -0.3 is 24.7 Å². The minimum atomic E-state index is -1.12. The van der Waals surface area contributed by atoms with Gasteiger partial charge in [-0.25, -0.2) is 21.3 Å². The SMILES string of the molecule is [C-]#[N+]C[C@H]1CN(c2nc(SC)nc(CC3(O)CCc4cccc(Br)c43)c2CO)CCN1C(=O)OC(C)(C)C. The molecule has 1 aliphatic carbocycles. The van der Waals surface area contributed by atoms with Gasteiger partial charge in [-0.3, -0.25) is 4.90 Å². The van der Waals surface area contributed by atoms with E-state index < -0.39 is 17.3 Å². The molecule has 9 nitrogen and oxygen atoms in total. The number of carbonyl (C=O) groups excluding carboxylic acids is 1. The van der Waals surface area contributed by atoms with Gasteiger partial charge in [0.1, 0.15) is 17.5 Å². The van der Waals surface area contributed by atoms with Gasteiger partial charge in [-0.1, -0.05) is 39.8 Å². The quantitative estimate of drug-likeness (QED) is 0.288. The largest absolute Gasteiger partial charge is 0.444 e. The molecule has 4 rings (SSSR count). The molecule has 204 valence electrons. The normalized spacial score (nSPS) is 21.3. The van der Waals surface area contributed by atoms with Crippen LogP contribution in [0.3, 0.4) is 0 Å². The van der Waals surface area contributed by atoms with E-state index in [1.54, 1.807) is 4.90 Å². The molecular formula is C27H34BrN5O4S. The van der Waals surface area contributed by atoms with Crippen LogP contribution in [0.2, 0.25) is 0 Å². The van der Waals surface area contributed by atoms with Crippen LogP contribution in [0, 0.1) is 6.57 Å². The summed E-state index contributed by atoms with van der Waals surface area (Å²) < 4.78 is 6.45. The Morgan fingerprint density at radius 2 is 2.11 bits per heavy atom. The standard InChI is InChI=1S/C27H34BrN5O4S/c1-26(2,3)37-25(35)33-12-11-32(15-18(33)14-29-4)23-19(16-34)21(30-24(31-23)38-5)13-27(36)10-9-17-7-6-8-20(28)22(17)27/h6-8,18,34,36H,9-16H2,1-3,5H3/t18-,27?/m0/s1. The van der Waals surface area contributed by atoms with Crippen molar-refractivity contribution in [3.8, 4) is 0 Å². The highest BCUT2D eigenvalue weighted by molar-refractivity contribution is 9.10. The first-order valence-electron chi connectivity index (χ1n) is 12.6. The van der Waals surface area contributed by atoms with Crippen molar-refractivity contribution in [3.05, 3.63) is 56.5 Å². The number of carbonyl (C=O) groups is 1. The molecule has 0 spiro atoms. The molecule has 1 aliphatic heterocycles. The van der Waals surface area contributed by atoms with Crippen LogP contribution in [0.15, 0.2) is 27.8 Å². The van der Waals surface area contributed by atoms with Crippen molar-refractivity contribution in [2.45, 2.75) is 69.0 Å². The summed E-state index contributed by atoms with van der Waals surface area (Å²) in [4.78, 5) is 29.5. The Hall–Kier alpha value is -2.39. The monoisotopic (exact) mass is 603 g/mol. The smallest absolute Gasteiger partial charge is 0.410 e. The molecule has 1 unspecified atom stereocenters. The Balaban J connectivity index is 1.67. The molecule has 0 bridgehead atoms. The van der Waals surface area contributed by atoms with Crippen LogP contribution in [0.25, 0.3) is 4.85 Å². The lowest BCUT2D eigenvalue weighted by Gasteiger charge is -2.40. The van der Waals surface area contributed by atoms with Crippen LogP contribution >= 0.6 is 27.7 Å². The number of piperazine rings is 1. The van der Waals surface area contributed by atoms with Crippen molar-refractivity contribution in [2.75, 3.05) is 37.3 Å². The fourth-order valence-electron chi connectivity index (χ4n) is 5.24. The summed E-state index contributed by atoms with van der Waals surface area (Å²) in [7, 11) is 0. The van der Waals surface area contributed by atoms with E-state index in [-0.39, 0.29) is 25.6 Å². The van der Waals surface area contributed by atoms with Gasteiger partial charge in [0.2, 0.25) is 6.54 Å². The second-order valence-corrected chi connectivity index (χ2v) is 12.3. The zero-order valence-corrected chi connectivity index (χ0v) is 24.6. The average molecular weight is 605 g/mol. The fourth-order valence-corrected chi connectivity index (χ4v) is 6.40. The molecule has 0 saturated carbocycles. The number of amides is 1. The zero-order valence-electron chi connectivity index (χ0n) is 22.2. The van der Waals surface area contributed by atoms with Gasteiger partial charge in [0.05, 0.1) is 17.9 Å². The van der Waals surface area contributed by atoms with Crippen LogP contribution in [-0.4, -0.2) is 75.3 Å². The Bertz CT molecular complexity index is 1250. The minimum Gasteiger partial charge on any atom is -0.444 e. The molecule has 2 N–H and O–H groups in total. The second-order valence-electron chi connectivity index (χ2n) is 10.7.